The number of hydrogen-bond donors (Lipinski definition) is 1. The highest BCUT2D eigenvalue weighted by atomic mass is 79.9. The van der Waals surface area contributed by atoms with Crippen molar-refractivity contribution in [2.75, 3.05) is 11.9 Å². The Morgan fingerprint density at radius 1 is 1.38 bits per heavy atom. The minimum atomic E-state index is -0.427. The van der Waals surface area contributed by atoms with Crippen molar-refractivity contribution >= 4 is 44.8 Å². The van der Waals surface area contributed by atoms with Crippen molar-refractivity contribution in [2.45, 2.75) is 26.2 Å². The molecule has 126 valence electrons. The molecule has 0 radical (unpaired) electrons. The van der Waals surface area contributed by atoms with E-state index in [4.69, 9.17) is 4.74 Å². The lowest BCUT2D eigenvalue weighted by atomic mass is 9.90. The predicted octanol–water partition coefficient (Wildman–Crippen LogP) is 4.43. The van der Waals surface area contributed by atoms with Crippen molar-refractivity contribution < 1.29 is 14.3 Å². The molecule has 1 heterocycles. The van der Waals surface area contributed by atoms with Crippen LogP contribution in [0.2, 0.25) is 0 Å². The SMILES string of the molecule is CC1CCc2sc(C(=O)OCC(=O)Nc3ccccc3Br)cc2C1. The first kappa shape index (κ1) is 17.2. The Labute approximate surface area is 153 Å². The van der Waals surface area contributed by atoms with Crippen LogP contribution in [0.3, 0.4) is 0 Å². The smallest absolute Gasteiger partial charge is 0.348 e. The molecule has 3 rings (SSSR count). The van der Waals surface area contributed by atoms with Gasteiger partial charge in [0, 0.05) is 9.35 Å². The van der Waals surface area contributed by atoms with E-state index in [0.717, 1.165) is 23.7 Å². The molecule has 0 saturated carbocycles. The number of aryl methyl sites for hydroxylation is 1. The minimum absolute atomic E-state index is 0.293. The molecule has 0 bridgehead atoms. The third-order valence-corrected chi connectivity index (χ3v) is 5.92. The van der Waals surface area contributed by atoms with Gasteiger partial charge in [0.15, 0.2) is 6.61 Å². The summed E-state index contributed by atoms with van der Waals surface area (Å²) in [4.78, 5) is 26.0. The number of amides is 1. The molecular weight excluding hydrogens is 390 g/mol. The van der Waals surface area contributed by atoms with E-state index in [1.807, 2.05) is 24.3 Å². The Hall–Kier alpha value is -1.66. The van der Waals surface area contributed by atoms with Crippen molar-refractivity contribution in [3.05, 3.63) is 50.1 Å². The van der Waals surface area contributed by atoms with Gasteiger partial charge < -0.3 is 10.1 Å². The lowest BCUT2D eigenvalue weighted by molar-refractivity contribution is -0.119. The molecule has 1 aliphatic rings. The zero-order valence-electron chi connectivity index (χ0n) is 13.3. The summed E-state index contributed by atoms with van der Waals surface area (Å²) in [5.41, 5.74) is 1.91. The van der Waals surface area contributed by atoms with Crippen LogP contribution in [0.25, 0.3) is 0 Å². The van der Waals surface area contributed by atoms with Crippen LogP contribution in [0.5, 0.6) is 0 Å². The van der Waals surface area contributed by atoms with Crippen LogP contribution in [-0.2, 0) is 22.4 Å². The molecule has 0 spiro atoms. The first-order valence-electron chi connectivity index (χ1n) is 7.86. The largest absolute Gasteiger partial charge is 0.451 e. The number of thiophene rings is 1. The zero-order chi connectivity index (χ0) is 17.1. The summed E-state index contributed by atoms with van der Waals surface area (Å²) in [7, 11) is 0. The molecular formula is C18H18BrNO3S. The van der Waals surface area contributed by atoms with Gasteiger partial charge in [-0.25, -0.2) is 4.79 Å². The van der Waals surface area contributed by atoms with E-state index in [1.165, 1.54) is 21.8 Å². The van der Waals surface area contributed by atoms with E-state index in [1.54, 1.807) is 6.07 Å². The highest BCUT2D eigenvalue weighted by Crippen LogP contribution is 2.32. The summed E-state index contributed by atoms with van der Waals surface area (Å²) in [5, 5.41) is 2.71. The summed E-state index contributed by atoms with van der Waals surface area (Å²) in [5.74, 6) is -0.124. The second-order valence-electron chi connectivity index (χ2n) is 6.01. The summed E-state index contributed by atoms with van der Waals surface area (Å²) in [6.07, 6.45) is 3.20. The molecule has 0 saturated heterocycles. The highest BCUT2D eigenvalue weighted by molar-refractivity contribution is 9.10. The van der Waals surface area contributed by atoms with E-state index in [-0.39, 0.29) is 12.5 Å². The molecule has 4 nitrogen and oxygen atoms in total. The lowest BCUT2D eigenvalue weighted by Crippen LogP contribution is -2.20. The molecule has 1 aliphatic carbocycles. The molecule has 1 amide bonds. The number of carbonyl (C=O) groups excluding carboxylic acids is 2. The van der Waals surface area contributed by atoms with E-state index in [9.17, 15) is 9.59 Å². The molecule has 0 fully saturated rings. The average Bonchev–Trinajstić information content (AvgIpc) is 2.98. The van der Waals surface area contributed by atoms with Gasteiger partial charge in [-0.3, -0.25) is 4.79 Å². The summed E-state index contributed by atoms with van der Waals surface area (Å²) >= 11 is 4.85. The summed E-state index contributed by atoms with van der Waals surface area (Å²) in [6.45, 7) is 1.93. The van der Waals surface area contributed by atoms with E-state index in [2.05, 4.69) is 28.2 Å². The first-order valence-corrected chi connectivity index (χ1v) is 9.47. The number of fused-ring (bicyclic) bond motifs is 1. The van der Waals surface area contributed by atoms with Crippen LogP contribution in [-0.4, -0.2) is 18.5 Å². The number of rotatable bonds is 4. The topological polar surface area (TPSA) is 55.4 Å². The molecule has 1 atom stereocenters. The third kappa shape index (κ3) is 4.05. The number of nitrogens with one attached hydrogen (secondary N) is 1. The Kier molecular flexibility index (Phi) is 5.36. The van der Waals surface area contributed by atoms with E-state index < -0.39 is 5.97 Å². The van der Waals surface area contributed by atoms with Crippen LogP contribution in [0.4, 0.5) is 5.69 Å². The second-order valence-corrected chi connectivity index (χ2v) is 8.00. The maximum absolute atomic E-state index is 12.2. The van der Waals surface area contributed by atoms with Gasteiger partial charge in [-0.1, -0.05) is 19.1 Å². The molecule has 2 aromatic rings. The average molecular weight is 408 g/mol. The molecule has 1 unspecified atom stereocenters. The van der Waals surface area contributed by atoms with E-state index >= 15 is 0 Å². The van der Waals surface area contributed by atoms with Gasteiger partial charge in [0.25, 0.3) is 5.91 Å². The minimum Gasteiger partial charge on any atom is -0.451 e. The highest BCUT2D eigenvalue weighted by Gasteiger charge is 2.21. The van der Waals surface area contributed by atoms with Gasteiger partial charge in [0.1, 0.15) is 4.88 Å². The number of esters is 1. The predicted molar refractivity (Wildman–Crippen MR) is 98.6 cm³/mol. The fourth-order valence-corrected chi connectivity index (χ4v) is 4.24. The zero-order valence-corrected chi connectivity index (χ0v) is 15.7. The van der Waals surface area contributed by atoms with Crippen molar-refractivity contribution in [1.29, 1.82) is 0 Å². The van der Waals surface area contributed by atoms with Crippen molar-refractivity contribution in [3.63, 3.8) is 0 Å². The number of para-hydroxylation sites is 1. The maximum Gasteiger partial charge on any atom is 0.348 e. The van der Waals surface area contributed by atoms with Crippen molar-refractivity contribution in [2.24, 2.45) is 5.92 Å². The number of hydrogen-bond acceptors (Lipinski definition) is 4. The monoisotopic (exact) mass is 407 g/mol. The molecule has 1 aromatic carbocycles. The Morgan fingerprint density at radius 3 is 2.96 bits per heavy atom. The number of ether oxygens (including phenoxy) is 1. The van der Waals surface area contributed by atoms with Crippen molar-refractivity contribution in [3.8, 4) is 0 Å². The van der Waals surface area contributed by atoms with Gasteiger partial charge in [0.05, 0.1) is 5.69 Å². The first-order chi connectivity index (χ1) is 11.5. The van der Waals surface area contributed by atoms with Crippen molar-refractivity contribution in [1.82, 2.24) is 0 Å². The lowest BCUT2D eigenvalue weighted by Gasteiger charge is -2.16. The Balaban J connectivity index is 1.56. The van der Waals surface area contributed by atoms with Crippen LogP contribution >= 0.6 is 27.3 Å². The number of anilines is 1. The summed E-state index contributed by atoms with van der Waals surface area (Å²) in [6, 6.07) is 9.21. The quantitative estimate of drug-likeness (QED) is 0.762. The third-order valence-electron chi connectivity index (χ3n) is 4.01. The fraction of sp³-hybridized carbons (Fsp3) is 0.333. The van der Waals surface area contributed by atoms with Crippen LogP contribution < -0.4 is 5.32 Å². The maximum atomic E-state index is 12.2. The molecule has 6 heteroatoms. The number of carbonyl (C=O) groups is 2. The number of benzene rings is 1. The van der Waals surface area contributed by atoms with E-state index in [0.29, 0.717) is 16.5 Å². The van der Waals surface area contributed by atoms with Crippen LogP contribution in [0, 0.1) is 5.92 Å². The molecule has 1 aromatic heterocycles. The Morgan fingerprint density at radius 2 is 2.17 bits per heavy atom. The standard InChI is InChI=1S/C18H18BrNO3S/c1-11-6-7-15-12(8-11)9-16(24-15)18(22)23-10-17(21)20-14-5-3-2-4-13(14)19/h2-5,9,11H,6-8,10H2,1H3,(H,20,21). The van der Waals surface area contributed by atoms with Gasteiger partial charge in [0.2, 0.25) is 0 Å². The van der Waals surface area contributed by atoms with Crippen LogP contribution in [0.1, 0.15) is 33.5 Å². The van der Waals surface area contributed by atoms with Gasteiger partial charge in [-0.15, -0.1) is 11.3 Å². The van der Waals surface area contributed by atoms with Gasteiger partial charge in [-0.05, 0) is 64.9 Å². The number of halogens is 1. The second kappa shape index (κ2) is 7.49. The Bertz CT molecular complexity index is 771. The van der Waals surface area contributed by atoms with Gasteiger partial charge in [-0.2, -0.15) is 0 Å². The summed E-state index contributed by atoms with van der Waals surface area (Å²) < 4.78 is 5.93. The molecule has 1 N–H and O–H groups in total. The van der Waals surface area contributed by atoms with Gasteiger partial charge >= 0.3 is 5.97 Å². The fourth-order valence-electron chi connectivity index (χ4n) is 2.76. The normalized spacial score (nSPS) is 16.3. The van der Waals surface area contributed by atoms with Crippen LogP contribution in [0.15, 0.2) is 34.8 Å². The molecule has 0 aliphatic heterocycles. The molecule has 24 heavy (non-hydrogen) atoms.